The predicted molar refractivity (Wildman–Crippen MR) is 119 cm³/mol. The van der Waals surface area contributed by atoms with Crippen molar-refractivity contribution in [3.63, 3.8) is 0 Å². The van der Waals surface area contributed by atoms with Crippen LogP contribution in [-0.2, 0) is 6.54 Å². The molecule has 2 aliphatic rings. The van der Waals surface area contributed by atoms with Crippen molar-refractivity contribution in [3.8, 4) is 11.8 Å². The van der Waals surface area contributed by atoms with Crippen molar-refractivity contribution >= 4 is 23.7 Å². The summed E-state index contributed by atoms with van der Waals surface area (Å²) < 4.78 is 5.60. The van der Waals surface area contributed by atoms with Crippen LogP contribution >= 0.6 is 0 Å². The molecule has 0 saturated carbocycles. The van der Waals surface area contributed by atoms with Crippen LogP contribution in [0.15, 0.2) is 29.4 Å². The van der Waals surface area contributed by atoms with Gasteiger partial charge in [0, 0.05) is 43.8 Å². The van der Waals surface area contributed by atoms with Gasteiger partial charge in [-0.05, 0) is 43.0 Å². The van der Waals surface area contributed by atoms with E-state index in [2.05, 4.69) is 26.8 Å². The van der Waals surface area contributed by atoms with E-state index in [0.29, 0.717) is 37.9 Å². The second-order valence-electron chi connectivity index (χ2n) is 7.70. The topological polar surface area (TPSA) is 119 Å². The van der Waals surface area contributed by atoms with Crippen LogP contribution in [0, 0.1) is 17.2 Å². The number of aliphatic hydroxyl groups excluding tert-OH is 1. The highest BCUT2D eigenvalue weighted by atomic mass is 16.5. The Kier molecular flexibility index (Phi) is 6.79. The lowest BCUT2D eigenvalue weighted by Gasteiger charge is -2.31. The Hall–Kier alpha value is -3.38. The first-order valence-corrected chi connectivity index (χ1v) is 10.7. The van der Waals surface area contributed by atoms with Crippen LogP contribution in [0.5, 0.6) is 5.75 Å². The Labute approximate surface area is 181 Å². The molecule has 1 fully saturated rings. The number of nitrogens with zero attached hydrogens (tertiary/aromatic N) is 5. The molecule has 0 aliphatic carbocycles. The Morgan fingerprint density at radius 1 is 1.23 bits per heavy atom. The van der Waals surface area contributed by atoms with E-state index >= 15 is 0 Å². The second kappa shape index (κ2) is 10.1. The molecule has 0 atom stereocenters. The first kappa shape index (κ1) is 20.9. The van der Waals surface area contributed by atoms with Crippen molar-refractivity contribution in [2.24, 2.45) is 11.0 Å². The molecule has 1 saturated heterocycles. The van der Waals surface area contributed by atoms with Gasteiger partial charge in [0.2, 0.25) is 5.95 Å². The van der Waals surface area contributed by atoms with Gasteiger partial charge in [0.25, 0.3) is 0 Å². The summed E-state index contributed by atoms with van der Waals surface area (Å²) in [5, 5.41) is 25.4. The molecular formula is C22H27N7O2. The third-order valence-electron chi connectivity index (χ3n) is 5.53. The van der Waals surface area contributed by atoms with Gasteiger partial charge >= 0.3 is 0 Å². The zero-order valence-corrected chi connectivity index (χ0v) is 17.4. The number of hydrogen-bond acceptors (Lipinski definition) is 9. The van der Waals surface area contributed by atoms with E-state index in [1.165, 1.54) is 0 Å². The molecule has 1 aromatic heterocycles. The molecule has 3 N–H and O–H groups in total. The molecule has 9 nitrogen and oxygen atoms in total. The molecule has 31 heavy (non-hydrogen) atoms. The summed E-state index contributed by atoms with van der Waals surface area (Å²) in [5.41, 5.74) is 5.68. The van der Waals surface area contributed by atoms with Crippen molar-refractivity contribution in [3.05, 3.63) is 35.5 Å². The average molecular weight is 422 g/mol. The number of nitrogens with one attached hydrogen (secondary N) is 2. The van der Waals surface area contributed by atoms with E-state index in [1.807, 2.05) is 24.3 Å². The lowest BCUT2D eigenvalue weighted by molar-refractivity contribution is 0.233. The van der Waals surface area contributed by atoms with Gasteiger partial charge in [0.05, 0.1) is 31.1 Å². The Morgan fingerprint density at radius 3 is 2.77 bits per heavy atom. The van der Waals surface area contributed by atoms with Crippen LogP contribution in [0.1, 0.15) is 36.9 Å². The number of piperidine rings is 1. The zero-order valence-electron chi connectivity index (χ0n) is 17.4. The van der Waals surface area contributed by atoms with E-state index in [4.69, 9.17) is 25.1 Å². The van der Waals surface area contributed by atoms with E-state index in [9.17, 15) is 0 Å². The summed E-state index contributed by atoms with van der Waals surface area (Å²) in [4.78, 5) is 11.8. The third kappa shape index (κ3) is 5.22. The summed E-state index contributed by atoms with van der Waals surface area (Å²) in [6, 6.07) is 9.97. The minimum absolute atomic E-state index is 0.119. The van der Waals surface area contributed by atoms with E-state index in [-0.39, 0.29) is 6.61 Å². The first-order valence-electron chi connectivity index (χ1n) is 10.7. The number of ether oxygens (including phenoxy) is 1. The third-order valence-corrected chi connectivity index (χ3v) is 5.53. The maximum absolute atomic E-state index is 8.95. The number of anilines is 3. The number of aromatic nitrogens is 2. The minimum Gasteiger partial charge on any atom is -0.494 e. The number of fused-ring (bicyclic) bond motifs is 1. The predicted octanol–water partition coefficient (Wildman–Crippen LogP) is 2.55. The Bertz CT molecular complexity index is 948. The van der Waals surface area contributed by atoms with Gasteiger partial charge < -0.3 is 25.5 Å². The fourth-order valence-electron chi connectivity index (χ4n) is 3.74. The van der Waals surface area contributed by atoms with Gasteiger partial charge in [-0.25, -0.2) is 4.98 Å². The molecule has 0 unspecified atom stereocenters. The first-order chi connectivity index (χ1) is 15.3. The van der Waals surface area contributed by atoms with E-state index in [0.717, 1.165) is 54.4 Å². The number of rotatable bonds is 8. The van der Waals surface area contributed by atoms with Gasteiger partial charge in [0.1, 0.15) is 11.6 Å². The molecule has 2 aromatic rings. The lowest BCUT2D eigenvalue weighted by atomic mass is 9.94. The highest BCUT2D eigenvalue weighted by molar-refractivity contribution is 5.83. The van der Waals surface area contributed by atoms with Crippen LogP contribution in [0.2, 0.25) is 0 Å². The fraction of sp³-hybridized carbons (Fsp3) is 0.455. The highest BCUT2D eigenvalue weighted by Gasteiger charge is 2.24. The van der Waals surface area contributed by atoms with E-state index in [1.54, 1.807) is 6.21 Å². The van der Waals surface area contributed by atoms with Gasteiger partial charge in [-0.15, -0.1) is 0 Å². The number of benzene rings is 1. The molecule has 9 heteroatoms. The minimum atomic E-state index is 0.119. The molecule has 0 radical (unpaired) electrons. The number of hydrazone groups is 1. The largest absolute Gasteiger partial charge is 0.494 e. The number of aliphatic hydroxyl groups is 1. The van der Waals surface area contributed by atoms with Crippen LogP contribution in [-0.4, -0.2) is 47.6 Å². The van der Waals surface area contributed by atoms with Crippen molar-refractivity contribution in [2.75, 3.05) is 36.5 Å². The quantitative estimate of drug-likeness (QED) is 0.557. The van der Waals surface area contributed by atoms with Crippen LogP contribution in [0.3, 0.4) is 0 Å². The highest BCUT2D eigenvalue weighted by Crippen LogP contribution is 2.28. The summed E-state index contributed by atoms with van der Waals surface area (Å²) in [5.74, 6) is 2.67. The van der Waals surface area contributed by atoms with Gasteiger partial charge in [-0.3, -0.25) is 0 Å². The zero-order chi connectivity index (χ0) is 21.5. The summed E-state index contributed by atoms with van der Waals surface area (Å²) in [6.45, 7) is 2.86. The monoisotopic (exact) mass is 421 g/mol. The fourth-order valence-corrected chi connectivity index (χ4v) is 3.74. The Balaban J connectivity index is 1.51. The normalized spacial score (nSPS) is 15.7. The van der Waals surface area contributed by atoms with Gasteiger partial charge in [-0.1, -0.05) is 0 Å². The van der Waals surface area contributed by atoms with Crippen LogP contribution in [0.4, 0.5) is 17.5 Å². The molecule has 3 heterocycles. The molecule has 0 bridgehead atoms. The number of nitriles is 1. The molecule has 162 valence electrons. The van der Waals surface area contributed by atoms with Crippen molar-refractivity contribution < 1.29 is 9.84 Å². The van der Waals surface area contributed by atoms with Crippen LogP contribution < -0.4 is 20.4 Å². The molecule has 0 spiro atoms. The van der Waals surface area contributed by atoms with Crippen LogP contribution in [0.25, 0.3) is 0 Å². The molecule has 0 amide bonds. The maximum atomic E-state index is 8.95. The summed E-state index contributed by atoms with van der Waals surface area (Å²) in [7, 11) is 0. The molecule has 1 aromatic carbocycles. The molecular weight excluding hydrogens is 394 g/mol. The molecule has 2 aliphatic heterocycles. The summed E-state index contributed by atoms with van der Waals surface area (Å²) in [6.07, 6.45) is 4.91. The second-order valence-corrected chi connectivity index (χ2v) is 7.70. The number of hydrogen-bond donors (Lipinski definition) is 3. The Morgan fingerprint density at radius 2 is 2.03 bits per heavy atom. The smallest absolute Gasteiger partial charge is 0.227 e. The van der Waals surface area contributed by atoms with Gasteiger partial charge in [0.15, 0.2) is 0 Å². The standard InChI is InChI=1S/C22H27N7O2/c23-9-6-16-7-10-29(11-8-16)22-27-20-15-25-24-14-19(20)21(28-22)26-17-2-4-18(5-3-17)31-13-1-12-30/h2-5,15-16,24,30H,1,6-8,10-14H2,(H,26,27,28). The SMILES string of the molecule is N#CCC1CCN(c2nc3c(c(Nc4ccc(OCCCO)cc4)n2)CNN=C3)CC1. The maximum Gasteiger partial charge on any atom is 0.227 e. The lowest BCUT2D eigenvalue weighted by Crippen LogP contribution is -2.35. The average Bonchev–Trinajstić information content (AvgIpc) is 2.81. The van der Waals surface area contributed by atoms with Crippen molar-refractivity contribution in [2.45, 2.75) is 32.2 Å². The van der Waals surface area contributed by atoms with Crippen molar-refractivity contribution in [1.29, 1.82) is 5.26 Å². The summed E-state index contributed by atoms with van der Waals surface area (Å²) >= 11 is 0. The molecule has 4 rings (SSSR count). The van der Waals surface area contributed by atoms with Crippen molar-refractivity contribution in [1.82, 2.24) is 15.4 Å². The van der Waals surface area contributed by atoms with E-state index < -0.39 is 0 Å². The van der Waals surface area contributed by atoms with Gasteiger partial charge in [-0.2, -0.15) is 15.3 Å².